The molecule has 1 aromatic carbocycles. The maximum Gasteiger partial charge on any atom is 0.160 e. The van der Waals surface area contributed by atoms with Crippen LogP contribution in [0.5, 0.6) is 0 Å². The van der Waals surface area contributed by atoms with Crippen LogP contribution in [0.15, 0.2) is 35.7 Å². The summed E-state index contributed by atoms with van der Waals surface area (Å²) in [7, 11) is 0. The first-order valence-corrected chi connectivity index (χ1v) is 5.69. The van der Waals surface area contributed by atoms with Gasteiger partial charge in [0.05, 0.1) is 11.6 Å². The monoisotopic (exact) mass is 227 g/mol. The van der Waals surface area contributed by atoms with Gasteiger partial charge in [0, 0.05) is 21.4 Å². The maximum atomic E-state index is 11.2. The zero-order chi connectivity index (χ0) is 11.5. The Bertz CT molecular complexity index is 578. The lowest BCUT2D eigenvalue weighted by Crippen LogP contribution is -1.86. The van der Waals surface area contributed by atoms with Crippen LogP contribution in [0.2, 0.25) is 0 Å². The molecule has 0 aliphatic rings. The Morgan fingerprint density at radius 3 is 2.75 bits per heavy atom. The molecule has 0 radical (unpaired) electrons. The highest BCUT2D eigenvalue weighted by molar-refractivity contribution is 7.13. The van der Waals surface area contributed by atoms with Gasteiger partial charge in [0.25, 0.3) is 0 Å². The summed E-state index contributed by atoms with van der Waals surface area (Å²) in [5, 5.41) is 10.8. The van der Waals surface area contributed by atoms with E-state index in [9.17, 15) is 4.79 Å². The second kappa shape index (κ2) is 4.30. The molecule has 0 fully saturated rings. The normalized spacial score (nSPS) is 9.75. The third-order valence-corrected chi connectivity index (χ3v) is 3.28. The van der Waals surface area contributed by atoms with Crippen LogP contribution in [-0.4, -0.2) is 5.78 Å². The van der Waals surface area contributed by atoms with Gasteiger partial charge in [-0.25, -0.2) is 0 Å². The summed E-state index contributed by atoms with van der Waals surface area (Å²) >= 11 is 1.49. The number of benzene rings is 1. The van der Waals surface area contributed by atoms with E-state index in [0.717, 1.165) is 10.4 Å². The molecule has 1 heterocycles. The summed E-state index contributed by atoms with van der Waals surface area (Å²) in [6, 6.07) is 11.4. The molecule has 1 aromatic heterocycles. The van der Waals surface area contributed by atoms with Gasteiger partial charge in [-0.3, -0.25) is 4.79 Å². The molecule has 2 nitrogen and oxygen atoms in total. The molecule has 2 rings (SSSR count). The minimum Gasteiger partial charge on any atom is -0.294 e. The number of rotatable bonds is 2. The summed E-state index contributed by atoms with van der Waals surface area (Å²) in [5.74, 6) is 0.0527. The average molecular weight is 227 g/mol. The number of Topliss-reactive ketones (excluding diaryl/α,β-unsaturated/α-hetero) is 1. The zero-order valence-corrected chi connectivity index (χ0v) is 9.54. The Labute approximate surface area is 97.8 Å². The highest BCUT2D eigenvalue weighted by atomic mass is 32.1. The van der Waals surface area contributed by atoms with Crippen molar-refractivity contribution in [2.24, 2.45) is 0 Å². The molecule has 0 aliphatic heterocycles. The van der Waals surface area contributed by atoms with Crippen molar-refractivity contribution in [1.82, 2.24) is 0 Å². The Balaban J connectivity index is 2.51. The van der Waals surface area contributed by atoms with E-state index in [0.29, 0.717) is 11.1 Å². The van der Waals surface area contributed by atoms with Crippen molar-refractivity contribution >= 4 is 17.1 Å². The van der Waals surface area contributed by atoms with Crippen LogP contribution in [0.1, 0.15) is 22.8 Å². The lowest BCUT2D eigenvalue weighted by Gasteiger charge is -1.98. The van der Waals surface area contributed by atoms with Gasteiger partial charge in [0.15, 0.2) is 5.78 Å². The predicted octanol–water partition coefficient (Wildman–Crippen LogP) is 3.49. The Morgan fingerprint density at radius 2 is 2.12 bits per heavy atom. The van der Waals surface area contributed by atoms with Crippen molar-refractivity contribution in [2.45, 2.75) is 6.92 Å². The number of hydrogen-bond acceptors (Lipinski definition) is 3. The minimum atomic E-state index is 0.0527. The van der Waals surface area contributed by atoms with Gasteiger partial charge in [0.1, 0.15) is 0 Å². The van der Waals surface area contributed by atoms with Crippen molar-refractivity contribution in [2.75, 3.05) is 0 Å². The molecular formula is C13H9NOS. The van der Waals surface area contributed by atoms with E-state index >= 15 is 0 Å². The van der Waals surface area contributed by atoms with Crippen LogP contribution in [0.25, 0.3) is 10.4 Å². The SMILES string of the molecule is CC(=O)c1csc(-c2ccccc2C#N)c1. The average Bonchev–Trinajstić information content (AvgIpc) is 2.78. The zero-order valence-electron chi connectivity index (χ0n) is 8.73. The van der Waals surface area contributed by atoms with Crippen molar-refractivity contribution in [1.29, 1.82) is 5.26 Å². The number of ketones is 1. The van der Waals surface area contributed by atoms with Gasteiger partial charge < -0.3 is 0 Å². The molecule has 0 bridgehead atoms. The van der Waals surface area contributed by atoms with E-state index in [1.807, 2.05) is 29.6 Å². The Morgan fingerprint density at radius 1 is 1.38 bits per heavy atom. The molecule has 0 N–H and O–H groups in total. The standard InChI is InChI=1S/C13H9NOS/c1-9(15)11-6-13(16-8-11)12-5-3-2-4-10(12)7-14/h2-6,8H,1H3. The summed E-state index contributed by atoms with van der Waals surface area (Å²) < 4.78 is 0. The van der Waals surface area contributed by atoms with E-state index in [-0.39, 0.29) is 5.78 Å². The predicted molar refractivity (Wildman–Crippen MR) is 64.5 cm³/mol. The number of thiophene rings is 1. The summed E-state index contributed by atoms with van der Waals surface area (Å²) in [6.07, 6.45) is 0. The van der Waals surface area contributed by atoms with Crippen LogP contribution in [-0.2, 0) is 0 Å². The third-order valence-electron chi connectivity index (χ3n) is 2.32. The first kappa shape index (κ1) is 10.6. The molecule has 0 saturated heterocycles. The van der Waals surface area contributed by atoms with Crippen molar-refractivity contribution in [3.05, 3.63) is 46.8 Å². The first-order valence-electron chi connectivity index (χ1n) is 4.81. The van der Waals surface area contributed by atoms with Crippen LogP contribution < -0.4 is 0 Å². The molecule has 0 spiro atoms. The lowest BCUT2D eigenvalue weighted by molar-refractivity contribution is 0.101. The van der Waals surface area contributed by atoms with E-state index in [2.05, 4.69) is 6.07 Å². The summed E-state index contributed by atoms with van der Waals surface area (Å²) in [5.41, 5.74) is 2.23. The van der Waals surface area contributed by atoms with Crippen molar-refractivity contribution in [3.8, 4) is 16.5 Å². The Hall–Kier alpha value is -1.92. The van der Waals surface area contributed by atoms with E-state index in [4.69, 9.17) is 5.26 Å². The maximum absolute atomic E-state index is 11.2. The molecular weight excluding hydrogens is 218 g/mol. The second-order valence-corrected chi connectivity index (χ2v) is 4.32. The molecule has 0 aliphatic carbocycles. The molecule has 16 heavy (non-hydrogen) atoms. The fourth-order valence-electron chi connectivity index (χ4n) is 1.46. The summed E-state index contributed by atoms with van der Waals surface area (Å²) in [4.78, 5) is 12.1. The van der Waals surface area contributed by atoms with Crippen LogP contribution in [0, 0.1) is 11.3 Å². The number of carbonyl (C=O) groups excluding carboxylic acids is 1. The molecule has 0 atom stereocenters. The van der Waals surface area contributed by atoms with Gasteiger partial charge in [0.2, 0.25) is 0 Å². The first-order chi connectivity index (χ1) is 7.72. The minimum absolute atomic E-state index is 0.0527. The third kappa shape index (κ3) is 1.88. The van der Waals surface area contributed by atoms with Crippen LogP contribution >= 0.6 is 11.3 Å². The van der Waals surface area contributed by atoms with Crippen LogP contribution in [0.4, 0.5) is 0 Å². The summed E-state index contributed by atoms with van der Waals surface area (Å²) in [6.45, 7) is 1.54. The van der Waals surface area contributed by atoms with Crippen molar-refractivity contribution in [3.63, 3.8) is 0 Å². The molecule has 78 valence electrons. The van der Waals surface area contributed by atoms with E-state index in [1.165, 1.54) is 11.3 Å². The second-order valence-electron chi connectivity index (χ2n) is 3.41. The number of nitriles is 1. The highest BCUT2D eigenvalue weighted by Crippen LogP contribution is 2.29. The molecule has 0 amide bonds. The molecule has 3 heteroatoms. The lowest BCUT2D eigenvalue weighted by atomic mass is 10.1. The van der Waals surface area contributed by atoms with Gasteiger partial charge >= 0.3 is 0 Å². The van der Waals surface area contributed by atoms with E-state index < -0.39 is 0 Å². The largest absolute Gasteiger partial charge is 0.294 e. The quantitative estimate of drug-likeness (QED) is 0.737. The molecule has 0 unspecified atom stereocenters. The van der Waals surface area contributed by atoms with Gasteiger partial charge in [-0.05, 0) is 19.1 Å². The highest BCUT2D eigenvalue weighted by Gasteiger charge is 2.08. The smallest absolute Gasteiger partial charge is 0.160 e. The van der Waals surface area contributed by atoms with Gasteiger partial charge in [-0.15, -0.1) is 11.3 Å². The topological polar surface area (TPSA) is 40.9 Å². The van der Waals surface area contributed by atoms with E-state index in [1.54, 1.807) is 13.0 Å². The molecule has 0 saturated carbocycles. The van der Waals surface area contributed by atoms with Gasteiger partial charge in [-0.2, -0.15) is 5.26 Å². The fourth-order valence-corrected chi connectivity index (χ4v) is 2.45. The van der Waals surface area contributed by atoms with Crippen LogP contribution in [0.3, 0.4) is 0 Å². The van der Waals surface area contributed by atoms with Gasteiger partial charge in [-0.1, -0.05) is 18.2 Å². The Kier molecular flexibility index (Phi) is 2.84. The fraction of sp³-hybridized carbons (Fsp3) is 0.0769. The number of hydrogen-bond donors (Lipinski definition) is 0. The number of nitrogens with zero attached hydrogens (tertiary/aromatic N) is 1. The molecule has 2 aromatic rings. The number of carbonyl (C=O) groups is 1. The van der Waals surface area contributed by atoms with Crippen molar-refractivity contribution < 1.29 is 4.79 Å².